The lowest BCUT2D eigenvalue weighted by atomic mass is 10.2. The van der Waals surface area contributed by atoms with E-state index in [1.165, 1.54) is 0 Å². The largest absolute Gasteiger partial charge is 0.482 e. The third kappa shape index (κ3) is 2.75. The molecule has 0 aromatic heterocycles. The minimum absolute atomic E-state index is 0.0763. The highest BCUT2D eigenvalue weighted by Gasteiger charge is 2.21. The van der Waals surface area contributed by atoms with Gasteiger partial charge in [0, 0.05) is 6.61 Å². The second-order valence-electron chi connectivity index (χ2n) is 2.99. The topological polar surface area (TPSA) is 18.5 Å². The van der Waals surface area contributed by atoms with E-state index in [9.17, 15) is 0 Å². The molecular weight excluding hydrogens is 160 g/mol. The Morgan fingerprint density at radius 2 is 2.36 bits per heavy atom. The maximum atomic E-state index is 5.35. The average Bonchev–Trinajstić information content (AvgIpc) is 2.35. The number of thiocarbonyl (C=S) groups is 1. The van der Waals surface area contributed by atoms with E-state index in [1.54, 1.807) is 0 Å². The first-order valence-electron chi connectivity index (χ1n) is 4.02. The summed E-state index contributed by atoms with van der Waals surface area (Å²) in [4.78, 5) is 0. The van der Waals surface area contributed by atoms with Crippen molar-refractivity contribution in [3.8, 4) is 0 Å². The molecule has 0 amide bonds. The standard InChI is InChI=1S/C8H14O2S/c1-6(2)10-8(11)7-4-3-5-9-7/h6-7H,3-5H2,1-2H3. The molecule has 0 aromatic rings. The molecule has 0 N–H and O–H groups in total. The molecule has 1 atom stereocenters. The molecule has 0 spiro atoms. The van der Waals surface area contributed by atoms with Crippen LogP contribution in [0.1, 0.15) is 26.7 Å². The van der Waals surface area contributed by atoms with Crippen LogP contribution in [-0.2, 0) is 9.47 Å². The van der Waals surface area contributed by atoms with Crippen molar-refractivity contribution in [2.24, 2.45) is 0 Å². The van der Waals surface area contributed by atoms with Crippen molar-refractivity contribution >= 4 is 17.3 Å². The van der Waals surface area contributed by atoms with Crippen molar-refractivity contribution < 1.29 is 9.47 Å². The highest BCUT2D eigenvalue weighted by atomic mass is 32.1. The van der Waals surface area contributed by atoms with Gasteiger partial charge in [0.25, 0.3) is 0 Å². The number of hydrogen-bond acceptors (Lipinski definition) is 3. The zero-order chi connectivity index (χ0) is 8.27. The minimum atomic E-state index is 0.0763. The van der Waals surface area contributed by atoms with Crippen LogP contribution in [-0.4, -0.2) is 23.9 Å². The molecule has 11 heavy (non-hydrogen) atoms. The van der Waals surface area contributed by atoms with E-state index in [4.69, 9.17) is 21.7 Å². The van der Waals surface area contributed by atoms with E-state index >= 15 is 0 Å². The van der Waals surface area contributed by atoms with Crippen molar-refractivity contribution in [2.45, 2.75) is 38.9 Å². The molecule has 1 saturated heterocycles. The van der Waals surface area contributed by atoms with Crippen molar-refractivity contribution in [2.75, 3.05) is 6.61 Å². The molecule has 1 fully saturated rings. The summed E-state index contributed by atoms with van der Waals surface area (Å²) < 4.78 is 10.7. The van der Waals surface area contributed by atoms with Gasteiger partial charge in [-0.25, -0.2) is 0 Å². The molecule has 0 bridgehead atoms. The summed E-state index contributed by atoms with van der Waals surface area (Å²) in [6.45, 7) is 4.77. The van der Waals surface area contributed by atoms with Gasteiger partial charge in [0.1, 0.15) is 6.10 Å². The highest BCUT2D eigenvalue weighted by Crippen LogP contribution is 2.15. The Bertz CT molecular complexity index is 139. The summed E-state index contributed by atoms with van der Waals surface area (Å²) in [6.07, 6.45) is 2.37. The van der Waals surface area contributed by atoms with Crippen LogP contribution in [0, 0.1) is 0 Å². The molecule has 0 aromatic carbocycles. The van der Waals surface area contributed by atoms with Crippen molar-refractivity contribution in [3.63, 3.8) is 0 Å². The van der Waals surface area contributed by atoms with Gasteiger partial charge in [-0.15, -0.1) is 0 Å². The molecule has 3 heteroatoms. The number of hydrogen-bond donors (Lipinski definition) is 0. The zero-order valence-corrected chi connectivity index (χ0v) is 7.82. The highest BCUT2D eigenvalue weighted by molar-refractivity contribution is 7.80. The Morgan fingerprint density at radius 1 is 1.64 bits per heavy atom. The van der Waals surface area contributed by atoms with Crippen LogP contribution in [0.3, 0.4) is 0 Å². The number of rotatable bonds is 2. The molecular formula is C8H14O2S. The fourth-order valence-electron chi connectivity index (χ4n) is 1.07. The van der Waals surface area contributed by atoms with Gasteiger partial charge < -0.3 is 9.47 Å². The Balaban J connectivity index is 2.28. The van der Waals surface area contributed by atoms with Crippen LogP contribution in [0.25, 0.3) is 0 Å². The molecule has 1 aliphatic heterocycles. The van der Waals surface area contributed by atoms with E-state index in [0.717, 1.165) is 19.4 Å². The summed E-state index contributed by atoms with van der Waals surface area (Å²) in [5.41, 5.74) is 0. The summed E-state index contributed by atoms with van der Waals surface area (Å²) in [6, 6.07) is 0. The van der Waals surface area contributed by atoms with E-state index in [2.05, 4.69) is 0 Å². The average molecular weight is 174 g/mol. The van der Waals surface area contributed by atoms with Crippen molar-refractivity contribution in [1.82, 2.24) is 0 Å². The first-order chi connectivity index (χ1) is 5.20. The summed E-state index contributed by atoms with van der Waals surface area (Å²) in [7, 11) is 0. The molecule has 1 unspecified atom stereocenters. The minimum Gasteiger partial charge on any atom is -0.482 e. The molecule has 1 heterocycles. The second-order valence-corrected chi connectivity index (χ2v) is 3.39. The first-order valence-corrected chi connectivity index (χ1v) is 4.43. The molecule has 2 nitrogen and oxygen atoms in total. The van der Waals surface area contributed by atoms with Gasteiger partial charge in [-0.3, -0.25) is 0 Å². The van der Waals surface area contributed by atoms with Crippen LogP contribution < -0.4 is 0 Å². The van der Waals surface area contributed by atoms with Crippen LogP contribution in [0.4, 0.5) is 0 Å². The van der Waals surface area contributed by atoms with Crippen molar-refractivity contribution in [3.05, 3.63) is 0 Å². The van der Waals surface area contributed by atoms with E-state index in [1.807, 2.05) is 13.8 Å². The third-order valence-electron chi connectivity index (χ3n) is 1.54. The predicted molar refractivity (Wildman–Crippen MR) is 47.8 cm³/mol. The Labute approximate surface area is 72.9 Å². The zero-order valence-electron chi connectivity index (χ0n) is 7.00. The molecule has 64 valence electrons. The molecule has 0 saturated carbocycles. The van der Waals surface area contributed by atoms with E-state index in [-0.39, 0.29) is 12.2 Å². The van der Waals surface area contributed by atoms with Gasteiger partial charge in [0.2, 0.25) is 0 Å². The van der Waals surface area contributed by atoms with E-state index < -0.39 is 0 Å². The van der Waals surface area contributed by atoms with Crippen LogP contribution in [0.15, 0.2) is 0 Å². The molecule has 0 aliphatic carbocycles. The van der Waals surface area contributed by atoms with E-state index in [0.29, 0.717) is 5.05 Å². The van der Waals surface area contributed by atoms with Crippen molar-refractivity contribution in [1.29, 1.82) is 0 Å². The molecule has 0 radical (unpaired) electrons. The second kappa shape index (κ2) is 4.02. The first kappa shape index (κ1) is 8.94. The summed E-state index contributed by atoms with van der Waals surface area (Å²) in [5.74, 6) is 0. The summed E-state index contributed by atoms with van der Waals surface area (Å²) in [5, 5.41) is 0.623. The smallest absolute Gasteiger partial charge is 0.189 e. The monoisotopic (exact) mass is 174 g/mol. The predicted octanol–water partition coefficient (Wildman–Crippen LogP) is 1.92. The lowest BCUT2D eigenvalue weighted by molar-refractivity contribution is 0.122. The Hall–Kier alpha value is -0.150. The Kier molecular flexibility index (Phi) is 3.27. The fourth-order valence-corrected chi connectivity index (χ4v) is 1.45. The van der Waals surface area contributed by atoms with Gasteiger partial charge in [-0.05, 0) is 38.9 Å². The van der Waals surface area contributed by atoms with Crippen LogP contribution in [0.2, 0.25) is 0 Å². The van der Waals surface area contributed by atoms with Gasteiger partial charge in [-0.2, -0.15) is 0 Å². The van der Waals surface area contributed by atoms with Crippen LogP contribution >= 0.6 is 12.2 Å². The van der Waals surface area contributed by atoms with Gasteiger partial charge in [0.15, 0.2) is 5.05 Å². The molecule has 1 rings (SSSR count). The lowest BCUT2D eigenvalue weighted by Gasteiger charge is -2.14. The summed E-state index contributed by atoms with van der Waals surface area (Å²) >= 11 is 5.04. The third-order valence-corrected chi connectivity index (χ3v) is 1.90. The number of ether oxygens (including phenoxy) is 2. The SMILES string of the molecule is CC(C)OC(=S)C1CCCO1. The quantitative estimate of drug-likeness (QED) is 0.596. The van der Waals surface area contributed by atoms with Crippen LogP contribution in [0.5, 0.6) is 0 Å². The normalized spacial score (nSPS) is 24.1. The maximum Gasteiger partial charge on any atom is 0.189 e. The molecule has 1 aliphatic rings. The lowest BCUT2D eigenvalue weighted by Crippen LogP contribution is -2.23. The fraction of sp³-hybridized carbons (Fsp3) is 0.875. The van der Waals surface area contributed by atoms with Gasteiger partial charge in [-0.1, -0.05) is 0 Å². The maximum absolute atomic E-state index is 5.35. The van der Waals surface area contributed by atoms with Gasteiger partial charge in [0.05, 0.1) is 6.10 Å². The van der Waals surface area contributed by atoms with Gasteiger partial charge >= 0.3 is 0 Å². The Morgan fingerprint density at radius 3 is 2.82 bits per heavy atom.